The van der Waals surface area contributed by atoms with E-state index in [1.165, 1.54) is 49.8 Å². The van der Waals surface area contributed by atoms with Crippen LogP contribution in [0.3, 0.4) is 0 Å². The van der Waals surface area contributed by atoms with Gasteiger partial charge < -0.3 is 32.5 Å². The number of pyridine rings is 2. The summed E-state index contributed by atoms with van der Waals surface area (Å²) in [5, 5.41) is 3.96. The Morgan fingerprint density at radius 3 is 1.13 bits per heavy atom. The van der Waals surface area contributed by atoms with Gasteiger partial charge in [-0.1, -0.05) is 399 Å². The van der Waals surface area contributed by atoms with Crippen LogP contribution in [0.4, 0.5) is 0 Å². The molecule has 18 aromatic carbocycles. The first-order chi connectivity index (χ1) is 79.9. The number of para-hydroxylation sites is 8. The maximum atomic E-state index is 9.10. The van der Waals surface area contributed by atoms with E-state index in [-0.39, 0.29) is 122 Å². The Labute approximate surface area is 927 Å². The minimum Gasteiger partial charge on any atom is -0.510 e. The first-order valence-electron chi connectivity index (χ1n) is 58.7. The molecule has 0 radical (unpaired) electrons. The molecule has 0 fully saturated rings. The largest absolute Gasteiger partial charge is 0.510 e. The van der Waals surface area contributed by atoms with Crippen LogP contribution in [0.1, 0.15) is 113 Å². The molecule has 15 heteroatoms. The van der Waals surface area contributed by atoms with Crippen LogP contribution in [0.15, 0.2) is 412 Å². The average Bonchev–Trinajstić information content (AvgIpc) is 1.74. The molecule has 0 aliphatic carbocycles. The zero-order valence-electron chi connectivity index (χ0n) is 103. The number of fused-ring (bicyclic) bond motifs is 10. The second-order valence-corrected chi connectivity index (χ2v) is 39.3. The van der Waals surface area contributed by atoms with Crippen molar-refractivity contribution in [2.45, 2.75) is 93.9 Å². The Balaban J connectivity index is 0.000000184. The molecule has 0 bridgehead atoms. The number of hydrogen-bond donors (Lipinski definition) is 0. The standard InChI is InChI=1S/C70H59BN4O.C64H45BN4O2.2Pt/c1-45-36-47(3)67(48(4)37-45)71(68-49(5)38-46(2)39-50(68)6)54-30-33-62-61(41-54)60-32-31-57(43-65(60)75(62)66-40-53(34-35-72-66)70(7,8)9)76-56-25-18-24-55(42-56)73-44-74(64-29-17-16-28-63(64)73)69-58(51-20-12-10-13-21-51)26-19-27-59(69)52-22-14-11-15-23-52;1-64(2,3)45-36-37-66-62(38-45)69-56-35-32-46(65-54-26-10-14-30-60(54)71-61-31-15-11-27-55(61)65)39-53(56)52-34-33-49(41-59(52)69)70-48-23-16-22-47(40-48)67-42-68(58-29-13-12-28-57(58)67)63-50(43-18-6-4-7-19-43)24-17-25-51(63)44-20-8-5-9-21-44;;/h10-41H,1-9H3;4-39H,1-3H3;;/q2*-2;;/i10D,11D,12D,13D,14D,15D,20D,21D,22D,23D;4D,5D,6D,7D,8D,9D,18D,19D,20D,21D;;. The van der Waals surface area contributed by atoms with Gasteiger partial charge >= 0.3 is 0 Å². The number of aryl methyl sites for hydroxylation is 6. The van der Waals surface area contributed by atoms with Gasteiger partial charge in [0.1, 0.15) is 23.1 Å². The van der Waals surface area contributed by atoms with Gasteiger partial charge in [0.05, 0.1) is 60.9 Å². The van der Waals surface area contributed by atoms with E-state index in [1.54, 1.807) is 66.8 Å². The van der Waals surface area contributed by atoms with Crippen LogP contribution in [0.5, 0.6) is 34.5 Å². The molecule has 0 atom stereocenters. The van der Waals surface area contributed by atoms with Crippen LogP contribution in [-0.2, 0) is 53.0 Å². The maximum absolute atomic E-state index is 9.10. The van der Waals surface area contributed by atoms with Gasteiger partial charge in [-0.15, -0.1) is 59.3 Å². The summed E-state index contributed by atoms with van der Waals surface area (Å²) in [4.78, 5) is 9.95. The van der Waals surface area contributed by atoms with E-state index in [2.05, 4.69) is 226 Å². The van der Waals surface area contributed by atoms with E-state index in [1.807, 2.05) is 146 Å². The van der Waals surface area contributed by atoms with Crippen LogP contribution >= 0.6 is 0 Å². The van der Waals surface area contributed by atoms with Crippen LogP contribution in [0, 0.1) is 78.5 Å². The minimum absolute atomic E-state index is 0. The molecule has 0 amide bonds. The van der Waals surface area contributed by atoms with Gasteiger partial charge in [0, 0.05) is 88.6 Å². The number of rotatable bonds is 18. The van der Waals surface area contributed by atoms with Gasteiger partial charge in [-0.25, -0.2) is 9.97 Å². The smallest absolute Gasteiger partial charge is 0.268 e. The second-order valence-electron chi connectivity index (χ2n) is 39.3. The molecule has 0 unspecified atom stereocenters. The number of aromatic nitrogens is 8. The molecule has 728 valence electrons. The van der Waals surface area contributed by atoms with Crippen molar-refractivity contribution in [3.05, 3.63) is 494 Å². The molecule has 25 rings (SSSR count). The molecule has 6 aromatic heterocycles. The summed E-state index contributed by atoms with van der Waals surface area (Å²) >= 11 is 0. The first-order valence-corrected chi connectivity index (χ1v) is 48.7. The Morgan fingerprint density at radius 1 is 0.349 bits per heavy atom. The van der Waals surface area contributed by atoms with Crippen molar-refractivity contribution in [1.29, 1.82) is 0 Å². The Bertz CT molecular complexity index is 10200. The zero-order chi connectivity index (χ0) is 117. The normalized spacial score (nSPS) is 13.7. The minimum atomic E-state index is -0.577. The van der Waals surface area contributed by atoms with Crippen LogP contribution in [0.2, 0.25) is 0 Å². The average molecular weight is 2310 g/mol. The summed E-state index contributed by atoms with van der Waals surface area (Å²) in [5.41, 5.74) is 23.3. The summed E-state index contributed by atoms with van der Waals surface area (Å²) in [6, 6.07) is 93.8. The van der Waals surface area contributed by atoms with Crippen molar-refractivity contribution < 1.29 is 92.9 Å². The zero-order valence-corrected chi connectivity index (χ0v) is 87.8. The van der Waals surface area contributed by atoms with E-state index in [4.69, 9.17) is 51.6 Å². The number of ether oxygens (including phenoxy) is 3. The molecule has 1 aliphatic rings. The van der Waals surface area contributed by atoms with E-state index in [0.717, 1.165) is 94.3 Å². The predicted molar refractivity (Wildman–Crippen MR) is 603 cm³/mol. The SMILES string of the molecule is [2H]c1c([2H])c([2H])c(-c2cccc(-c3c([2H])c([2H])c([2H])c([2H])c3[2H])c2-[n+]2[c-]n(-c3[c-]c(Oc4[c-]c5c(cc4)c4cc(B(c6c(C)cc(C)cc6C)c6c(C)cc(C)cc6C)ccc4n5-c4cc(C(C)(C)C)ccn4)ccc3)c3ccccc32)c([2H])c1[2H].[2H]c1c([2H])c([2H])c(-c2cccc(-c3c([2H])c([2H])c([2H])c([2H])c3[2H])c2-[n+]2[c-]n(-c3[c-]c(Oc4[c-]c5c(cc4)c4cc(B6c7ccccc7Oc7ccccc76)ccc4n5-c4cc(C(C)(C)C)ccn4)ccc3)c3ccccc32)c([2H])c1[2H].[Pt].[Pt]. The third kappa shape index (κ3) is 18.3. The van der Waals surface area contributed by atoms with E-state index >= 15 is 0 Å². The Kier molecular flexibility index (Phi) is 20.6. The molecular weight excluding hydrogens is 2180 g/mol. The van der Waals surface area contributed by atoms with Crippen molar-refractivity contribution in [3.63, 3.8) is 0 Å². The topological polar surface area (TPSA) is 81.0 Å². The number of nitrogens with zero attached hydrogens (tertiary/aromatic N) is 8. The van der Waals surface area contributed by atoms with Crippen molar-refractivity contribution in [1.82, 2.24) is 28.2 Å². The van der Waals surface area contributed by atoms with E-state index in [9.17, 15) is 0 Å². The Morgan fingerprint density at radius 2 is 0.718 bits per heavy atom. The first kappa shape index (κ1) is 76.3. The molecule has 0 saturated carbocycles. The van der Waals surface area contributed by atoms with Gasteiger partial charge in [0.25, 0.3) is 19.4 Å². The van der Waals surface area contributed by atoms with Crippen molar-refractivity contribution in [3.8, 4) is 113 Å². The second kappa shape index (κ2) is 40.2. The van der Waals surface area contributed by atoms with Crippen molar-refractivity contribution >= 4 is 112 Å². The fourth-order valence-electron chi connectivity index (χ4n) is 21.1. The predicted octanol–water partition coefficient (Wildman–Crippen LogP) is 27.4. The van der Waals surface area contributed by atoms with Crippen LogP contribution in [0.25, 0.3) is 145 Å². The van der Waals surface area contributed by atoms with Gasteiger partial charge in [-0.2, -0.15) is 36.4 Å². The summed E-state index contributed by atoms with van der Waals surface area (Å²) in [6.45, 7) is 26.2. The summed E-state index contributed by atoms with van der Waals surface area (Å²) in [5.74, 6) is 4.64. The molecule has 0 saturated heterocycles. The van der Waals surface area contributed by atoms with Crippen LogP contribution in [-0.4, -0.2) is 41.7 Å². The van der Waals surface area contributed by atoms with E-state index < -0.39 is 121 Å². The molecule has 1 aliphatic heterocycles. The maximum Gasteiger partial charge on any atom is 0.268 e. The van der Waals surface area contributed by atoms with Crippen LogP contribution < -0.4 is 56.1 Å². The molecule has 11 nitrogen and oxygen atoms in total. The number of imidazole rings is 2. The monoisotopic (exact) mass is 2300 g/mol. The summed E-state index contributed by atoms with van der Waals surface area (Å²) < 4.78 is 206. The summed E-state index contributed by atoms with van der Waals surface area (Å²) in [6.07, 6.45) is 10.6. The van der Waals surface area contributed by atoms with Crippen molar-refractivity contribution in [2.24, 2.45) is 0 Å². The molecule has 7 heterocycles. The van der Waals surface area contributed by atoms with Gasteiger partial charge in [-0.3, -0.25) is 9.13 Å². The fourth-order valence-corrected chi connectivity index (χ4v) is 21.1. The number of hydrogen-bond acceptors (Lipinski definition) is 5. The molecule has 149 heavy (non-hydrogen) atoms. The third-order valence-corrected chi connectivity index (χ3v) is 27.6. The van der Waals surface area contributed by atoms with Gasteiger partial charge in [0.15, 0.2) is 0 Å². The van der Waals surface area contributed by atoms with E-state index in [0.29, 0.717) is 56.4 Å². The molecule has 0 N–H and O–H groups in total. The molecular formula is C134H104B2N8O3Pt2-4. The third-order valence-electron chi connectivity index (χ3n) is 27.6. The fraction of sp³-hybridized carbons (Fsp3) is 0.104. The Hall–Kier alpha value is -16.3. The van der Waals surface area contributed by atoms with Crippen molar-refractivity contribution in [2.75, 3.05) is 0 Å². The molecule has 0 spiro atoms. The number of benzene rings is 18. The molecule has 24 aromatic rings. The summed E-state index contributed by atoms with van der Waals surface area (Å²) in [7, 11) is 0. The quantitative estimate of drug-likeness (QED) is 0.0486. The van der Waals surface area contributed by atoms with Gasteiger partial charge in [-0.05, 0) is 190 Å². The van der Waals surface area contributed by atoms with Gasteiger partial charge in [0.2, 0.25) is 6.71 Å².